The molecule has 1 unspecified atom stereocenters. The Morgan fingerprint density at radius 3 is 2.68 bits per heavy atom. The molecular formula is C14H20Cl2N4OS. The molecule has 2 heterocycles. The van der Waals surface area contributed by atoms with Crippen LogP contribution in [0.3, 0.4) is 0 Å². The lowest BCUT2D eigenvalue weighted by Crippen LogP contribution is -2.53. The first-order chi connectivity index (χ1) is 10.5. The summed E-state index contributed by atoms with van der Waals surface area (Å²) in [5.74, 6) is 1.64. The number of rotatable bonds is 5. The van der Waals surface area contributed by atoms with Gasteiger partial charge in [0, 0.05) is 32.4 Å². The minimum Gasteiger partial charge on any atom is -0.352 e. The van der Waals surface area contributed by atoms with Crippen molar-refractivity contribution in [2.45, 2.75) is 12.5 Å². The van der Waals surface area contributed by atoms with Gasteiger partial charge in [0.1, 0.15) is 5.82 Å². The van der Waals surface area contributed by atoms with Crippen LogP contribution in [0.25, 0.3) is 0 Å². The van der Waals surface area contributed by atoms with Crippen LogP contribution in [-0.4, -0.2) is 60.0 Å². The third kappa shape index (κ3) is 4.41. The average Bonchev–Trinajstić information content (AvgIpc) is 2.52. The fourth-order valence-electron chi connectivity index (χ4n) is 2.38. The van der Waals surface area contributed by atoms with E-state index in [2.05, 4.69) is 9.88 Å². The van der Waals surface area contributed by atoms with Gasteiger partial charge in [0.05, 0.1) is 16.1 Å². The summed E-state index contributed by atoms with van der Waals surface area (Å²) in [4.78, 5) is 20.4. The summed E-state index contributed by atoms with van der Waals surface area (Å²) >= 11 is 13.7. The van der Waals surface area contributed by atoms with Gasteiger partial charge >= 0.3 is 0 Å². The summed E-state index contributed by atoms with van der Waals surface area (Å²) < 4.78 is 0. The van der Waals surface area contributed by atoms with Crippen molar-refractivity contribution < 1.29 is 4.79 Å². The molecule has 1 aromatic rings. The summed E-state index contributed by atoms with van der Waals surface area (Å²) in [7, 11) is 0. The quantitative estimate of drug-likeness (QED) is 0.868. The Labute approximate surface area is 145 Å². The topological polar surface area (TPSA) is 62.5 Å². The molecule has 1 fully saturated rings. The molecule has 8 heteroatoms. The summed E-state index contributed by atoms with van der Waals surface area (Å²) in [5.41, 5.74) is 5.95. The van der Waals surface area contributed by atoms with Crippen LogP contribution in [0.5, 0.6) is 0 Å². The number of hydrogen-bond acceptors (Lipinski definition) is 5. The predicted molar refractivity (Wildman–Crippen MR) is 94.0 cm³/mol. The van der Waals surface area contributed by atoms with Gasteiger partial charge in [0.25, 0.3) is 0 Å². The molecule has 122 valence electrons. The maximum Gasteiger partial charge on any atom is 0.239 e. The number of nitrogens with two attached hydrogens (primary N) is 1. The number of piperazine rings is 1. The van der Waals surface area contributed by atoms with E-state index in [1.807, 2.05) is 11.2 Å². The Hall–Kier alpha value is -0.690. The van der Waals surface area contributed by atoms with Crippen LogP contribution in [0.2, 0.25) is 10.0 Å². The van der Waals surface area contributed by atoms with Gasteiger partial charge in [0.15, 0.2) is 0 Å². The van der Waals surface area contributed by atoms with Crippen LogP contribution in [-0.2, 0) is 4.79 Å². The number of thioether (sulfide) groups is 1. The number of hydrogen-bond donors (Lipinski definition) is 1. The van der Waals surface area contributed by atoms with E-state index in [0.717, 1.165) is 5.75 Å². The first-order valence-electron chi connectivity index (χ1n) is 7.12. The number of amides is 1. The van der Waals surface area contributed by atoms with Gasteiger partial charge in [0.2, 0.25) is 5.91 Å². The molecule has 1 aromatic heterocycles. The van der Waals surface area contributed by atoms with Crippen molar-refractivity contribution >= 4 is 46.7 Å². The molecule has 2 rings (SSSR count). The SMILES string of the molecule is CSCCC(N)C(=O)N1CCN(c2ncc(Cl)cc2Cl)CC1. The maximum absolute atomic E-state index is 12.3. The number of anilines is 1. The largest absolute Gasteiger partial charge is 0.352 e. The van der Waals surface area contributed by atoms with E-state index in [9.17, 15) is 4.79 Å². The summed E-state index contributed by atoms with van der Waals surface area (Å²) in [6, 6.07) is 1.28. The minimum absolute atomic E-state index is 0.0314. The zero-order valence-corrected chi connectivity index (χ0v) is 14.8. The second-order valence-corrected chi connectivity index (χ2v) is 6.99. The van der Waals surface area contributed by atoms with E-state index in [1.54, 1.807) is 24.0 Å². The van der Waals surface area contributed by atoms with Gasteiger partial charge in [-0.25, -0.2) is 4.98 Å². The maximum atomic E-state index is 12.3. The minimum atomic E-state index is -0.406. The molecule has 0 saturated carbocycles. The average molecular weight is 363 g/mol. The Morgan fingerprint density at radius 2 is 2.09 bits per heavy atom. The van der Waals surface area contributed by atoms with Gasteiger partial charge in [-0.2, -0.15) is 11.8 Å². The molecule has 5 nitrogen and oxygen atoms in total. The van der Waals surface area contributed by atoms with Crippen LogP contribution < -0.4 is 10.6 Å². The smallest absolute Gasteiger partial charge is 0.239 e. The van der Waals surface area contributed by atoms with Crippen molar-refractivity contribution in [3.63, 3.8) is 0 Å². The summed E-state index contributed by atoms with van der Waals surface area (Å²) in [6.07, 6.45) is 4.31. The zero-order chi connectivity index (χ0) is 16.1. The third-order valence-corrected chi connectivity index (χ3v) is 4.76. The van der Waals surface area contributed by atoms with Crippen LogP contribution in [0.15, 0.2) is 12.3 Å². The van der Waals surface area contributed by atoms with Gasteiger partial charge in [-0.05, 0) is 24.5 Å². The molecule has 1 aliphatic heterocycles. The fourth-order valence-corrected chi connectivity index (χ4v) is 3.37. The lowest BCUT2D eigenvalue weighted by atomic mass is 10.2. The highest BCUT2D eigenvalue weighted by Crippen LogP contribution is 2.26. The second-order valence-electron chi connectivity index (χ2n) is 5.16. The highest BCUT2D eigenvalue weighted by molar-refractivity contribution is 7.98. The van der Waals surface area contributed by atoms with Crippen molar-refractivity contribution in [2.75, 3.05) is 43.1 Å². The van der Waals surface area contributed by atoms with Gasteiger partial charge < -0.3 is 15.5 Å². The molecule has 2 N–H and O–H groups in total. The number of halogens is 2. The molecule has 1 aliphatic rings. The van der Waals surface area contributed by atoms with Crippen molar-refractivity contribution in [3.8, 4) is 0 Å². The highest BCUT2D eigenvalue weighted by Gasteiger charge is 2.26. The number of pyridine rings is 1. The number of nitrogens with zero attached hydrogens (tertiary/aromatic N) is 3. The molecular weight excluding hydrogens is 343 g/mol. The monoisotopic (exact) mass is 362 g/mol. The molecule has 0 spiro atoms. The number of carbonyl (C=O) groups is 1. The lowest BCUT2D eigenvalue weighted by Gasteiger charge is -2.36. The molecule has 0 bridgehead atoms. The molecule has 1 atom stereocenters. The van der Waals surface area contributed by atoms with E-state index < -0.39 is 6.04 Å². The standard InChI is InChI=1S/C14H20Cl2N4OS/c1-22-7-2-12(17)14(21)20-5-3-19(4-6-20)13-11(16)8-10(15)9-18-13/h8-9,12H,2-7,17H2,1H3. The Bertz CT molecular complexity index is 524. The molecule has 0 aromatic carbocycles. The molecule has 22 heavy (non-hydrogen) atoms. The van der Waals surface area contributed by atoms with E-state index in [0.29, 0.717) is 48.5 Å². The van der Waals surface area contributed by atoms with Crippen LogP contribution in [0.4, 0.5) is 5.82 Å². The van der Waals surface area contributed by atoms with Crippen LogP contribution in [0, 0.1) is 0 Å². The van der Waals surface area contributed by atoms with Crippen molar-refractivity contribution in [2.24, 2.45) is 5.73 Å². The van der Waals surface area contributed by atoms with Gasteiger partial charge in [-0.3, -0.25) is 4.79 Å². The van der Waals surface area contributed by atoms with E-state index in [-0.39, 0.29) is 5.91 Å². The van der Waals surface area contributed by atoms with E-state index >= 15 is 0 Å². The second kappa shape index (κ2) is 8.24. The predicted octanol–water partition coefficient (Wildman–Crippen LogP) is 2.12. The number of aromatic nitrogens is 1. The zero-order valence-electron chi connectivity index (χ0n) is 12.5. The summed E-state index contributed by atoms with van der Waals surface area (Å²) in [5, 5.41) is 1.05. The molecule has 1 saturated heterocycles. The Morgan fingerprint density at radius 1 is 1.41 bits per heavy atom. The number of carbonyl (C=O) groups excluding carboxylic acids is 1. The normalized spacial score (nSPS) is 16.7. The van der Waals surface area contributed by atoms with Gasteiger partial charge in [-0.15, -0.1) is 0 Å². The van der Waals surface area contributed by atoms with Crippen LogP contribution >= 0.6 is 35.0 Å². The highest BCUT2D eigenvalue weighted by atomic mass is 35.5. The van der Waals surface area contributed by atoms with Crippen molar-refractivity contribution in [3.05, 3.63) is 22.3 Å². The van der Waals surface area contributed by atoms with E-state index in [4.69, 9.17) is 28.9 Å². The lowest BCUT2D eigenvalue weighted by molar-refractivity contribution is -0.132. The molecule has 0 radical (unpaired) electrons. The third-order valence-electron chi connectivity index (χ3n) is 3.63. The van der Waals surface area contributed by atoms with Crippen molar-refractivity contribution in [1.29, 1.82) is 0 Å². The van der Waals surface area contributed by atoms with Crippen molar-refractivity contribution in [1.82, 2.24) is 9.88 Å². The fraction of sp³-hybridized carbons (Fsp3) is 0.571. The summed E-state index contributed by atoms with van der Waals surface area (Å²) in [6.45, 7) is 2.64. The van der Waals surface area contributed by atoms with E-state index in [1.165, 1.54) is 0 Å². The first-order valence-corrected chi connectivity index (χ1v) is 9.27. The first kappa shape index (κ1) is 17.7. The van der Waals surface area contributed by atoms with Crippen LogP contribution in [0.1, 0.15) is 6.42 Å². The van der Waals surface area contributed by atoms with Gasteiger partial charge in [-0.1, -0.05) is 23.2 Å². The molecule has 1 amide bonds. The molecule has 0 aliphatic carbocycles. The Balaban J connectivity index is 1.91. The Kier molecular flexibility index (Phi) is 6.62.